The number of piperidine rings is 1. The minimum atomic E-state index is -0.230. The molecule has 1 aliphatic rings. The standard InChI is InChI=1S/C14H19FN2O/c1-10-7-11(4-5-13(10)15)8-14(18)17-6-2-3-12(16)9-17/h4-5,7,12H,2-3,6,8-9,16H2,1H3. The van der Waals surface area contributed by atoms with Crippen LogP contribution >= 0.6 is 0 Å². The molecular weight excluding hydrogens is 231 g/mol. The average molecular weight is 250 g/mol. The first-order chi connectivity index (χ1) is 8.56. The third-order valence-corrected chi connectivity index (χ3v) is 3.39. The lowest BCUT2D eigenvalue weighted by atomic mass is 10.0. The molecule has 1 atom stereocenters. The van der Waals surface area contributed by atoms with E-state index in [1.807, 2.05) is 4.90 Å². The zero-order valence-electron chi connectivity index (χ0n) is 10.7. The van der Waals surface area contributed by atoms with Gasteiger partial charge in [-0.05, 0) is 37.0 Å². The van der Waals surface area contributed by atoms with Gasteiger partial charge in [0.05, 0.1) is 6.42 Å². The van der Waals surface area contributed by atoms with Crippen LogP contribution in [0.25, 0.3) is 0 Å². The van der Waals surface area contributed by atoms with Crippen molar-refractivity contribution in [3.63, 3.8) is 0 Å². The lowest BCUT2D eigenvalue weighted by molar-refractivity contribution is -0.131. The van der Waals surface area contributed by atoms with Crippen molar-refractivity contribution in [3.05, 3.63) is 35.1 Å². The van der Waals surface area contributed by atoms with Gasteiger partial charge in [-0.3, -0.25) is 4.79 Å². The van der Waals surface area contributed by atoms with Crippen molar-refractivity contribution in [1.82, 2.24) is 4.90 Å². The summed E-state index contributed by atoms with van der Waals surface area (Å²) in [5.41, 5.74) is 7.30. The summed E-state index contributed by atoms with van der Waals surface area (Å²) in [6.45, 7) is 3.13. The monoisotopic (exact) mass is 250 g/mol. The van der Waals surface area contributed by atoms with Crippen LogP contribution in [0.4, 0.5) is 4.39 Å². The third-order valence-electron chi connectivity index (χ3n) is 3.39. The van der Waals surface area contributed by atoms with Crippen molar-refractivity contribution >= 4 is 5.91 Å². The second-order valence-electron chi connectivity index (χ2n) is 5.00. The maximum atomic E-state index is 13.1. The normalized spacial score (nSPS) is 19.9. The molecule has 0 radical (unpaired) electrons. The Kier molecular flexibility index (Phi) is 3.97. The summed E-state index contributed by atoms with van der Waals surface area (Å²) in [7, 11) is 0. The first-order valence-corrected chi connectivity index (χ1v) is 6.34. The molecule has 98 valence electrons. The van der Waals surface area contributed by atoms with E-state index in [0.717, 1.165) is 24.9 Å². The van der Waals surface area contributed by atoms with Gasteiger partial charge in [-0.25, -0.2) is 4.39 Å². The van der Waals surface area contributed by atoms with Crippen LogP contribution in [0.15, 0.2) is 18.2 Å². The summed E-state index contributed by atoms with van der Waals surface area (Å²) in [5, 5.41) is 0. The molecule has 1 heterocycles. The first-order valence-electron chi connectivity index (χ1n) is 6.34. The number of nitrogens with zero attached hydrogens (tertiary/aromatic N) is 1. The molecule has 3 nitrogen and oxygen atoms in total. The molecule has 1 saturated heterocycles. The highest BCUT2D eigenvalue weighted by Gasteiger charge is 2.21. The fourth-order valence-corrected chi connectivity index (χ4v) is 2.34. The van der Waals surface area contributed by atoms with Crippen LogP contribution < -0.4 is 5.73 Å². The molecule has 4 heteroatoms. The Balaban J connectivity index is 2.00. The summed E-state index contributed by atoms with van der Waals surface area (Å²) < 4.78 is 13.1. The molecular formula is C14H19FN2O. The number of carbonyl (C=O) groups is 1. The average Bonchev–Trinajstić information content (AvgIpc) is 2.34. The summed E-state index contributed by atoms with van der Waals surface area (Å²) in [6.07, 6.45) is 2.28. The van der Waals surface area contributed by atoms with E-state index in [1.165, 1.54) is 6.07 Å². The highest BCUT2D eigenvalue weighted by molar-refractivity contribution is 5.79. The number of hydrogen-bond donors (Lipinski definition) is 1. The highest BCUT2D eigenvalue weighted by atomic mass is 19.1. The zero-order chi connectivity index (χ0) is 13.1. The van der Waals surface area contributed by atoms with E-state index in [9.17, 15) is 9.18 Å². The van der Waals surface area contributed by atoms with Gasteiger partial charge >= 0.3 is 0 Å². The Morgan fingerprint density at radius 3 is 3.00 bits per heavy atom. The fraction of sp³-hybridized carbons (Fsp3) is 0.500. The summed E-state index contributed by atoms with van der Waals surface area (Å²) in [4.78, 5) is 13.9. The van der Waals surface area contributed by atoms with E-state index < -0.39 is 0 Å². The number of aryl methyl sites for hydroxylation is 1. The SMILES string of the molecule is Cc1cc(CC(=O)N2CCCC(N)C2)ccc1F. The van der Waals surface area contributed by atoms with Crippen molar-refractivity contribution in [2.75, 3.05) is 13.1 Å². The smallest absolute Gasteiger partial charge is 0.227 e. The number of nitrogens with two attached hydrogens (primary N) is 1. The third kappa shape index (κ3) is 3.07. The zero-order valence-corrected chi connectivity index (χ0v) is 10.7. The Hall–Kier alpha value is -1.42. The molecule has 1 amide bonds. The second-order valence-corrected chi connectivity index (χ2v) is 5.00. The van der Waals surface area contributed by atoms with Gasteiger partial charge in [-0.2, -0.15) is 0 Å². The predicted octanol–water partition coefficient (Wildman–Crippen LogP) is 1.63. The van der Waals surface area contributed by atoms with Gasteiger partial charge in [0.25, 0.3) is 0 Å². The lowest BCUT2D eigenvalue weighted by Crippen LogP contribution is -2.46. The van der Waals surface area contributed by atoms with Crippen LogP contribution in [0.5, 0.6) is 0 Å². The Morgan fingerprint density at radius 2 is 2.33 bits per heavy atom. The van der Waals surface area contributed by atoms with E-state index in [4.69, 9.17) is 5.73 Å². The molecule has 1 fully saturated rings. The molecule has 0 spiro atoms. The first kappa shape index (κ1) is 13.0. The summed E-state index contributed by atoms with van der Waals surface area (Å²) in [5.74, 6) is -0.151. The maximum absolute atomic E-state index is 13.1. The van der Waals surface area contributed by atoms with Gasteiger partial charge in [0.2, 0.25) is 5.91 Å². The van der Waals surface area contributed by atoms with Crippen LogP contribution in [0.3, 0.4) is 0 Å². The van der Waals surface area contributed by atoms with Crippen molar-refractivity contribution in [3.8, 4) is 0 Å². The molecule has 1 unspecified atom stereocenters. The predicted molar refractivity (Wildman–Crippen MR) is 68.6 cm³/mol. The van der Waals surface area contributed by atoms with Gasteiger partial charge in [0, 0.05) is 19.1 Å². The van der Waals surface area contributed by atoms with Crippen molar-refractivity contribution in [2.45, 2.75) is 32.2 Å². The molecule has 1 aliphatic heterocycles. The van der Waals surface area contributed by atoms with Crippen LogP contribution in [-0.4, -0.2) is 29.9 Å². The van der Waals surface area contributed by atoms with Crippen LogP contribution in [0.1, 0.15) is 24.0 Å². The van der Waals surface area contributed by atoms with Gasteiger partial charge in [-0.15, -0.1) is 0 Å². The van der Waals surface area contributed by atoms with E-state index in [1.54, 1.807) is 19.1 Å². The van der Waals surface area contributed by atoms with Crippen LogP contribution in [0, 0.1) is 12.7 Å². The number of hydrogen-bond acceptors (Lipinski definition) is 2. The Bertz CT molecular complexity index is 447. The largest absolute Gasteiger partial charge is 0.341 e. The maximum Gasteiger partial charge on any atom is 0.227 e. The van der Waals surface area contributed by atoms with E-state index in [0.29, 0.717) is 18.5 Å². The highest BCUT2D eigenvalue weighted by Crippen LogP contribution is 2.13. The molecule has 1 aromatic carbocycles. The number of amides is 1. The number of halogens is 1. The van der Waals surface area contributed by atoms with Gasteiger partial charge < -0.3 is 10.6 Å². The van der Waals surface area contributed by atoms with Gasteiger partial charge in [-0.1, -0.05) is 12.1 Å². The van der Waals surface area contributed by atoms with E-state index in [2.05, 4.69) is 0 Å². The van der Waals surface area contributed by atoms with Crippen molar-refractivity contribution in [2.24, 2.45) is 5.73 Å². The quantitative estimate of drug-likeness (QED) is 0.867. The van der Waals surface area contributed by atoms with Crippen LogP contribution in [0.2, 0.25) is 0 Å². The summed E-state index contributed by atoms with van der Waals surface area (Å²) >= 11 is 0. The van der Waals surface area contributed by atoms with Gasteiger partial charge in [0.1, 0.15) is 5.82 Å². The minimum Gasteiger partial charge on any atom is -0.341 e. The second kappa shape index (κ2) is 5.48. The molecule has 0 aromatic heterocycles. The molecule has 2 rings (SSSR count). The lowest BCUT2D eigenvalue weighted by Gasteiger charge is -2.30. The van der Waals surface area contributed by atoms with Crippen molar-refractivity contribution < 1.29 is 9.18 Å². The molecule has 0 aliphatic carbocycles. The van der Waals surface area contributed by atoms with Crippen LogP contribution in [-0.2, 0) is 11.2 Å². The van der Waals surface area contributed by atoms with E-state index in [-0.39, 0.29) is 17.8 Å². The fourth-order valence-electron chi connectivity index (χ4n) is 2.34. The molecule has 18 heavy (non-hydrogen) atoms. The number of benzene rings is 1. The van der Waals surface area contributed by atoms with Gasteiger partial charge in [0.15, 0.2) is 0 Å². The summed E-state index contributed by atoms with van der Waals surface area (Å²) in [6, 6.07) is 4.92. The Labute approximate surface area is 107 Å². The molecule has 2 N–H and O–H groups in total. The minimum absolute atomic E-state index is 0.0798. The molecule has 0 saturated carbocycles. The Morgan fingerprint density at radius 1 is 1.56 bits per heavy atom. The number of rotatable bonds is 2. The van der Waals surface area contributed by atoms with Crippen molar-refractivity contribution in [1.29, 1.82) is 0 Å². The van der Waals surface area contributed by atoms with E-state index >= 15 is 0 Å². The topological polar surface area (TPSA) is 46.3 Å². The molecule has 1 aromatic rings. The number of likely N-dealkylation sites (tertiary alicyclic amines) is 1. The number of carbonyl (C=O) groups excluding carboxylic acids is 1. The molecule has 0 bridgehead atoms.